The molecule has 0 rings (SSSR count). The minimum atomic E-state index is -0.842. The summed E-state index contributed by atoms with van der Waals surface area (Å²) >= 11 is 0. The van der Waals surface area contributed by atoms with Crippen LogP contribution < -0.4 is 5.32 Å². The zero-order chi connectivity index (χ0) is 49.3. The summed E-state index contributed by atoms with van der Waals surface area (Å²) in [6.45, 7) is 4.90. The maximum atomic E-state index is 12.4. The van der Waals surface area contributed by atoms with Crippen LogP contribution in [-0.4, -0.2) is 47.4 Å². The van der Waals surface area contributed by atoms with Crippen molar-refractivity contribution in [2.75, 3.05) is 13.2 Å². The molecule has 1 amide bonds. The molecule has 0 aliphatic heterocycles. The van der Waals surface area contributed by atoms with Crippen molar-refractivity contribution in [1.82, 2.24) is 5.32 Å². The molecule has 0 aromatic carbocycles. The van der Waals surface area contributed by atoms with E-state index in [1.54, 1.807) is 6.08 Å². The van der Waals surface area contributed by atoms with E-state index in [2.05, 4.69) is 31.3 Å². The van der Waals surface area contributed by atoms with Crippen molar-refractivity contribution in [1.29, 1.82) is 0 Å². The smallest absolute Gasteiger partial charge is 0.305 e. The lowest BCUT2D eigenvalue weighted by atomic mass is 10.0. The summed E-state index contributed by atoms with van der Waals surface area (Å²) in [4.78, 5) is 24.4. The highest BCUT2D eigenvalue weighted by atomic mass is 16.5. The van der Waals surface area contributed by atoms with Crippen LogP contribution in [0, 0.1) is 0 Å². The number of allylic oxidation sites excluding steroid dienone is 3. The van der Waals surface area contributed by atoms with Gasteiger partial charge in [-0.05, 0) is 57.8 Å². The predicted octanol–water partition coefficient (Wildman–Crippen LogP) is 19.0. The summed E-state index contributed by atoms with van der Waals surface area (Å²) in [7, 11) is 0. The molecular formula is C62H119NO5. The van der Waals surface area contributed by atoms with Crippen LogP contribution in [0.25, 0.3) is 0 Å². The highest BCUT2D eigenvalue weighted by Gasteiger charge is 2.18. The number of hydrogen-bond donors (Lipinski definition) is 3. The van der Waals surface area contributed by atoms with Gasteiger partial charge in [0.25, 0.3) is 0 Å². The molecule has 0 aliphatic rings. The Bertz CT molecular complexity index is 1060. The van der Waals surface area contributed by atoms with Gasteiger partial charge in [0.05, 0.1) is 25.4 Å². The fourth-order valence-corrected chi connectivity index (χ4v) is 9.51. The van der Waals surface area contributed by atoms with Gasteiger partial charge in [0.2, 0.25) is 5.91 Å². The van der Waals surface area contributed by atoms with Crippen molar-refractivity contribution in [3.8, 4) is 0 Å². The molecule has 0 aromatic heterocycles. The first kappa shape index (κ1) is 66.3. The molecule has 0 aromatic rings. The van der Waals surface area contributed by atoms with Crippen LogP contribution in [0.5, 0.6) is 0 Å². The third-order valence-electron chi connectivity index (χ3n) is 14.2. The second-order valence-corrected chi connectivity index (χ2v) is 21.0. The van der Waals surface area contributed by atoms with Crippen LogP contribution in [0.2, 0.25) is 0 Å². The van der Waals surface area contributed by atoms with Gasteiger partial charge >= 0.3 is 5.97 Å². The zero-order valence-corrected chi connectivity index (χ0v) is 45.9. The molecule has 0 heterocycles. The lowest BCUT2D eigenvalue weighted by Crippen LogP contribution is -2.45. The highest BCUT2D eigenvalue weighted by molar-refractivity contribution is 5.76. The van der Waals surface area contributed by atoms with Crippen LogP contribution in [0.15, 0.2) is 24.3 Å². The molecule has 68 heavy (non-hydrogen) atoms. The number of hydrogen-bond acceptors (Lipinski definition) is 5. The summed E-state index contributed by atoms with van der Waals surface area (Å²) < 4.78 is 5.48. The maximum Gasteiger partial charge on any atom is 0.305 e. The second-order valence-electron chi connectivity index (χ2n) is 21.0. The molecule has 0 fully saturated rings. The number of nitrogens with one attached hydrogen (secondary N) is 1. The van der Waals surface area contributed by atoms with Gasteiger partial charge in [0.15, 0.2) is 0 Å². The number of rotatable bonds is 57. The van der Waals surface area contributed by atoms with E-state index in [0.29, 0.717) is 19.4 Å². The molecule has 0 radical (unpaired) electrons. The third kappa shape index (κ3) is 53.7. The molecule has 0 saturated carbocycles. The first-order valence-electron chi connectivity index (χ1n) is 30.6. The van der Waals surface area contributed by atoms with Crippen LogP contribution in [0.1, 0.15) is 335 Å². The average Bonchev–Trinajstić information content (AvgIpc) is 3.34. The molecule has 6 heteroatoms. The Labute approximate surface area is 424 Å². The van der Waals surface area contributed by atoms with Gasteiger partial charge in [-0.15, -0.1) is 0 Å². The molecular weight excluding hydrogens is 839 g/mol. The summed E-state index contributed by atoms with van der Waals surface area (Å²) in [5.74, 6) is -0.0519. The third-order valence-corrected chi connectivity index (χ3v) is 14.2. The fourth-order valence-electron chi connectivity index (χ4n) is 9.51. The Hall–Kier alpha value is -1.66. The largest absolute Gasteiger partial charge is 0.466 e. The van der Waals surface area contributed by atoms with Crippen LogP contribution in [0.3, 0.4) is 0 Å². The molecule has 402 valence electrons. The summed E-state index contributed by atoms with van der Waals surface area (Å²) in [5, 5.41) is 23.0. The van der Waals surface area contributed by atoms with Crippen molar-refractivity contribution < 1.29 is 24.5 Å². The normalized spacial score (nSPS) is 12.7. The second kappa shape index (κ2) is 57.9. The summed E-state index contributed by atoms with van der Waals surface area (Å²) in [5.41, 5.74) is 0. The van der Waals surface area contributed by atoms with Gasteiger partial charge in [0, 0.05) is 12.8 Å². The summed E-state index contributed by atoms with van der Waals surface area (Å²) in [6, 6.07) is -0.625. The Kier molecular flexibility index (Phi) is 56.5. The number of ether oxygens (including phenoxy) is 1. The molecule has 0 aliphatic carbocycles. The van der Waals surface area contributed by atoms with Crippen molar-refractivity contribution in [3.63, 3.8) is 0 Å². The fraction of sp³-hybridized carbons (Fsp3) is 0.903. The van der Waals surface area contributed by atoms with Gasteiger partial charge in [-0.3, -0.25) is 9.59 Å². The number of esters is 1. The van der Waals surface area contributed by atoms with E-state index in [9.17, 15) is 19.8 Å². The van der Waals surface area contributed by atoms with Gasteiger partial charge in [0.1, 0.15) is 0 Å². The summed E-state index contributed by atoms with van der Waals surface area (Å²) in [6.07, 6.45) is 70.9. The van der Waals surface area contributed by atoms with Crippen LogP contribution >= 0.6 is 0 Å². The molecule has 0 spiro atoms. The molecule has 2 unspecified atom stereocenters. The molecule has 0 saturated heterocycles. The minimum Gasteiger partial charge on any atom is -0.466 e. The maximum absolute atomic E-state index is 12.4. The monoisotopic (exact) mass is 958 g/mol. The van der Waals surface area contributed by atoms with Crippen LogP contribution in [0.4, 0.5) is 0 Å². The Morgan fingerprint density at radius 1 is 0.397 bits per heavy atom. The van der Waals surface area contributed by atoms with E-state index in [0.717, 1.165) is 38.5 Å². The van der Waals surface area contributed by atoms with E-state index in [1.165, 1.54) is 270 Å². The van der Waals surface area contributed by atoms with Gasteiger partial charge < -0.3 is 20.3 Å². The van der Waals surface area contributed by atoms with Crippen LogP contribution in [-0.2, 0) is 14.3 Å². The standard InChI is InChI=1S/C62H119NO5/c1-3-5-7-9-11-13-15-32-36-40-44-48-52-56-62(67)68-57-53-49-45-41-37-34-31-29-27-25-23-21-19-17-16-18-20-22-24-26-28-30-33-35-39-43-47-51-55-61(66)63-59(58-64)60(65)54-50-46-42-38-14-12-10-8-6-4-2/h16-17,50,54,59-60,64-65H,3-15,18-49,51-53,55-58H2,1-2H3,(H,63,66)/b17-16-,54-50+. The number of aliphatic hydroxyl groups excluding tert-OH is 2. The SMILES string of the molecule is CCCCCCCCCC/C=C/C(O)C(CO)NC(=O)CCCCCCCCCCCCCC/C=C\CCCCCCCCCCCCCCOC(=O)CCCCCCCCCCCCCCC. The molecule has 6 nitrogen and oxygen atoms in total. The Morgan fingerprint density at radius 3 is 1.04 bits per heavy atom. The average molecular weight is 959 g/mol. The van der Waals surface area contributed by atoms with E-state index in [-0.39, 0.29) is 18.5 Å². The molecule has 3 N–H and O–H groups in total. The lowest BCUT2D eigenvalue weighted by Gasteiger charge is -2.20. The van der Waals surface area contributed by atoms with Gasteiger partial charge in [-0.1, -0.05) is 289 Å². The number of unbranched alkanes of at least 4 members (excludes halogenated alkanes) is 44. The zero-order valence-electron chi connectivity index (χ0n) is 45.9. The van der Waals surface area contributed by atoms with E-state index in [1.807, 2.05) is 6.08 Å². The van der Waals surface area contributed by atoms with E-state index >= 15 is 0 Å². The predicted molar refractivity (Wildman–Crippen MR) is 296 cm³/mol. The number of carbonyl (C=O) groups excluding carboxylic acids is 2. The van der Waals surface area contributed by atoms with E-state index in [4.69, 9.17) is 4.74 Å². The van der Waals surface area contributed by atoms with Crippen molar-refractivity contribution >= 4 is 11.9 Å². The topological polar surface area (TPSA) is 95.9 Å². The Balaban J connectivity index is 3.36. The van der Waals surface area contributed by atoms with Crippen molar-refractivity contribution in [3.05, 3.63) is 24.3 Å². The lowest BCUT2D eigenvalue weighted by molar-refractivity contribution is -0.143. The highest BCUT2D eigenvalue weighted by Crippen LogP contribution is 2.17. The number of aliphatic hydroxyl groups is 2. The van der Waals surface area contributed by atoms with Crippen molar-refractivity contribution in [2.24, 2.45) is 0 Å². The minimum absolute atomic E-state index is 0.0171. The van der Waals surface area contributed by atoms with Crippen molar-refractivity contribution in [2.45, 2.75) is 347 Å². The quantitative estimate of drug-likeness (QED) is 0.0321. The van der Waals surface area contributed by atoms with Gasteiger partial charge in [-0.25, -0.2) is 0 Å². The molecule has 0 bridgehead atoms. The molecule has 2 atom stereocenters. The van der Waals surface area contributed by atoms with Gasteiger partial charge in [-0.2, -0.15) is 0 Å². The number of amides is 1. The van der Waals surface area contributed by atoms with E-state index < -0.39 is 12.1 Å². The first-order valence-corrected chi connectivity index (χ1v) is 30.6. The first-order chi connectivity index (χ1) is 33.5. The number of carbonyl (C=O) groups is 2. The Morgan fingerprint density at radius 2 is 0.691 bits per heavy atom.